The molecule has 11 aromatic carbocycles. The van der Waals surface area contributed by atoms with Crippen molar-refractivity contribution in [3.63, 3.8) is 0 Å². The predicted octanol–water partition coefficient (Wildman–Crippen LogP) is 34.2. The minimum Gasteiger partial charge on any atom is -0.207 e. The Bertz CT molecular complexity index is 3770. The summed E-state index contributed by atoms with van der Waals surface area (Å²) in [6.07, 6.45) is 12.6. The second kappa shape index (κ2) is 58.4. The molecular formula is C109H154F2. The zero-order valence-electron chi connectivity index (χ0n) is 76.2. The summed E-state index contributed by atoms with van der Waals surface area (Å²) in [5.41, 5.74) is 30.2. The van der Waals surface area contributed by atoms with E-state index in [9.17, 15) is 8.78 Å². The van der Waals surface area contributed by atoms with Crippen LogP contribution in [0.25, 0.3) is 21.9 Å². The molecule has 11 aromatic rings. The molecule has 12 rings (SSSR count). The van der Waals surface area contributed by atoms with Crippen LogP contribution in [-0.2, 0) is 0 Å². The highest BCUT2D eigenvalue weighted by molar-refractivity contribution is 5.83. The number of benzene rings is 11. The first kappa shape index (κ1) is 103. The van der Waals surface area contributed by atoms with E-state index in [1.165, 1.54) is 192 Å². The zero-order chi connectivity index (χ0) is 84.3. The standard InChI is InChI=1S/C14H14.C12H12.4C9H12.2C8H9F.C8H16.C8H10.2C6H14.C3H8/c1-11-3-7-13(8-4-11)14-9-5-12(2)6-10-14;1-9-3-5-12-8-10(2)4-6-11(12)7-9;2*1-7-4-8(2)6-9(3)5-7;2*1-7-4-5-8(2)9(3)6-7;2*1-6-3-4-7(2)8(9)5-6;2*1-7-3-5-8(2)6-4-7;2*1-4-5-6(2)3;1-3-2/h3-10H,1-2H3;3-8H,1-2H3;4*4-6H,1-3H3;2*3-5H,1-2H3;7-8H,3-6H2,1-2H3;3-6H,1-2H3;2*6H,4-5H2,1-3H3;3H2,1-2H3. The lowest BCUT2D eigenvalue weighted by atomic mass is 9.84. The molecule has 0 radical (unpaired) electrons. The Morgan fingerprint density at radius 3 is 0.622 bits per heavy atom. The van der Waals surface area contributed by atoms with Crippen LogP contribution in [0.2, 0.25) is 0 Å². The van der Waals surface area contributed by atoms with Crippen molar-refractivity contribution in [2.45, 2.75) is 279 Å². The molecule has 111 heavy (non-hydrogen) atoms. The largest absolute Gasteiger partial charge is 0.207 e. The monoisotopic (exact) mass is 1500 g/mol. The van der Waals surface area contributed by atoms with E-state index in [0.717, 1.165) is 34.8 Å². The Kier molecular flexibility index (Phi) is 54.0. The van der Waals surface area contributed by atoms with Gasteiger partial charge in [-0.3, -0.25) is 0 Å². The molecule has 0 bridgehead atoms. The molecule has 0 heterocycles. The maximum Gasteiger partial charge on any atom is 0.126 e. The van der Waals surface area contributed by atoms with Crippen molar-refractivity contribution in [1.82, 2.24) is 0 Å². The molecule has 0 atom stereocenters. The molecule has 1 aliphatic carbocycles. The van der Waals surface area contributed by atoms with Crippen molar-refractivity contribution in [3.8, 4) is 11.1 Å². The van der Waals surface area contributed by atoms with Crippen molar-refractivity contribution < 1.29 is 8.78 Å². The highest BCUT2D eigenvalue weighted by Crippen LogP contribution is 2.27. The van der Waals surface area contributed by atoms with Crippen LogP contribution in [0, 0.1) is 188 Å². The molecule has 0 aliphatic heterocycles. The van der Waals surface area contributed by atoms with Crippen LogP contribution < -0.4 is 0 Å². The van der Waals surface area contributed by atoms with Crippen molar-refractivity contribution in [3.05, 3.63) is 352 Å². The lowest BCUT2D eigenvalue weighted by Crippen LogP contribution is -2.08. The third kappa shape index (κ3) is 51.7. The van der Waals surface area contributed by atoms with Crippen molar-refractivity contribution in [2.24, 2.45) is 23.7 Å². The van der Waals surface area contributed by atoms with Crippen LogP contribution >= 0.6 is 0 Å². The normalized spacial score (nSPS) is 11.9. The number of aryl methyl sites for hydroxylation is 22. The number of hydrogen-bond acceptors (Lipinski definition) is 0. The average molecular weight is 1500 g/mol. The van der Waals surface area contributed by atoms with E-state index in [1.807, 2.05) is 26.0 Å². The van der Waals surface area contributed by atoms with Crippen LogP contribution in [0.15, 0.2) is 218 Å². The summed E-state index contributed by atoms with van der Waals surface area (Å²) in [5, 5.41) is 2.67. The highest BCUT2D eigenvalue weighted by Gasteiger charge is 2.13. The smallest absolute Gasteiger partial charge is 0.126 e. The Morgan fingerprint density at radius 1 is 0.234 bits per heavy atom. The van der Waals surface area contributed by atoms with Crippen LogP contribution in [-0.4, -0.2) is 0 Å². The van der Waals surface area contributed by atoms with Gasteiger partial charge < -0.3 is 0 Å². The molecule has 1 aliphatic rings. The first-order chi connectivity index (χ1) is 52.2. The van der Waals surface area contributed by atoms with Gasteiger partial charge in [0.05, 0.1) is 0 Å². The molecule has 0 spiro atoms. The Balaban J connectivity index is 0.00000119. The van der Waals surface area contributed by atoms with Gasteiger partial charge in [-0.1, -0.05) is 411 Å². The fraction of sp³-hybridized carbons (Fsp3) is 0.413. The predicted molar refractivity (Wildman–Crippen MR) is 497 cm³/mol. The lowest BCUT2D eigenvalue weighted by Gasteiger charge is -2.22. The maximum absolute atomic E-state index is 12.6. The Labute approximate surface area is 681 Å². The molecule has 0 saturated heterocycles. The fourth-order valence-corrected chi connectivity index (χ4v) is 11.8. The van der Waals surface area contributed by atoms with E-state index in [-0.39, 0.29) is 11.6 Å². The van der Waals surface area contributed by atoms with Gasteiger partial charge in [0.1, 0.15) is 11.6 Å². The second-order valence-electron chi connectivity index (χ2n) is 32.7. The minimum absolute atomic E-state index is 0.116. The van der Waals surface area contributed by atoms with Crippen molar-refractivity contribution in [1.29, 1.82) is 0 Å². The summed E-state index contributed by atoms with van der Waals surface area (Å²) in [6, 6.07) is 75.4. The molecule has 0 N–H and O–H groups in total. The average Bonchev–Trinajstić information content (AvgIpc) is 0.832. The van der Waals surface area contributed by atoms with Gasteiger partial charge in [0.15, 0.2) is 0 Å². The summed E-state index contributed by atoms with van der Waals surface area (Å²) in [4.78, 5) is 0. The lowest BCUT2D eigenvalue weighted by molar-refractivity contribution is 0.308. The van der Waals surface area contributed by atoms with Crippen LogP contribution in [0.5, 0.6) is 0 Å². The number of hydrogen-bond donors (Lipinski definition) is 0. The van der Waals surface area contributed by atoms with Gasteiger partial charge in [-0.15, -0.1) is 0 Å². The van der Waals surface area contributed by atoms with Gasteiger partial charge >= 0.3 is 0 Å². The van der Waals surface area contributed by atoms with Gasteiger partial charge in [0.2, 0.25) is 0 Å². The Morgan fingerprint density at radius 2 is 0.432 bits per heavy atom. The van der Waals surface area contributed by atoms with Crippen LogP contribution in [0.1, 0.15) is 249 Å². The molecule has 1 fully saturated rings. The summed E-state index contributed by atoms with van der Waals surface area (Å²) < 4.78 is 25.2. The topological polar surface area (TPSA) is 0 Å². The number of fused-ring (bicyclic) bond motifs is 1. The molecule has 1 saturated carbocycles. The van der Waals surface area contributed by atoms with Crippen molar-refractivity contribution in [2.75, 3.05) is 0 Å². The molecule has 0 amide bonds. The molecular weight excluding hydrogens is 1350 g/mol. The van der Waals surface area contributed by atoms with E-state index in [1.54, 1.807) is 26.0 Å². The third-order valence-corrected chi connectivity index (χ3v) is 18.6. The second-order valence-corrected chi connectivity index (χ2v) is 32.7. The SMILES string of the molecule is CC1CCC(C)CC1.CCC.CCCC(C)C.CCCC(C)C.Cc1cc(C)cc(C)c1.Cc1cc(C)cc(C)c1.Cc1ccc(-c2ccc(C)cc2)cc1.Cc1ccc(C)c(C)c1.Cc1ccc(C)c(C)c1.Cc1ccc(C)c(F)c1.Cc1ccc(C)c(F)c1.Cc1ccc(C)cc1.Cc1ccc2cc(C)ccc2c1. The van der Waals surface area contributed by atoms with Gasteiger partial charge in [-0.2, -0.15) is 0 Å². The van der Waals surface area contributed by atoms with Gasteiger partial charge in [0, 0.05) is 0 Å². The van der Waals surface area contributed by atoms with E-state index >= 15 is 0 Å². The quantitative estimate of drug-likeness (QED) is 0.161. The van der Waals surface area contributed by atoms with Gasteiger partial charge in [0.25, 0.3) is 0 Å². The van der Waals surface area contributed by atoms with Gasteiger partial charge in [-0.05, 0) is 255 Å². The van der Waals surface area contributed by atoms with E-state index in [0.29, 0.717) is 11.1 Å². The summed E-state index contributed by atoms with van der Waals surface area (Å²) in [6.45, 7) is 67.9. The van der Waals surface area contributed by atoms with E-state index in [4.69, 9.17) is 0 Å². The van der Waals surface area contributed by atoms with Crippen molar-refractivity contribution >= 4 is 10.8 Å². The minimum atomic E-state index is -0.116. The molecule has 604 valence electrons. The Hall–Kier alpha value is -8.46. The molecule has 0 aromatic heterocycles. The first-order valence-electron chi connectivity index (χ1n) is 41.5. The number of rotatable bonds is 5. The molecule has 0 nitrogen and oxygen atoms in total. The number of halogens is 2. The third-order valence-electron chi connectivity index (χ3n) is 18.6. The summed E-state index contributed by atoms with van der Waals surface area (Å²) >= 11 is 0. The van der Waals surface area contributed by atoms with Crippen LogP contribution in [0.4, 0.5) is 8.78 Å². The van der Waals surface area contributed by atoms with Crippen LogP contribution in [0.3, 0.4) is 0 Å². The van der Waals surface area contributed by atoms with Gasteiger partial charge in [-0.25, -0.2) is 8.78 Å². The first-order valence-corrected chi connectivity index (χ1v) is 41.5. The zero-order valence-corrected chi connectivity index (χ0v) is 76.2. The molecule has 2 heteroatoms. The fourth-order valence-electron chi connectivity index (χ4n) is 11.8. The van der Waals surface area contributed by atoms with E-state index in [2.05, 4.69) is 376 Å². The maximum atomic E-state index is 12.6. The summed E-state index contributed by atoms with van der Waals surface area (Å²) in [7, 11) is 0. The highest BCUT2D eigenvalue weighted by atomic mass is 19.1. The molecule has 0 unspecified atom stereocenters. The summed E-state index contributed by atoms with van der Waals surface area (Å²) in [5.74, 6) is 3.60. The van der Waals surface area contributed by atoms with E-state index < -0.39 is 0 Å².